The Balaban J connectivity index is 1.99. The standard InChI is InChI=1S/C23H17Cl3N2O2S/c1-12-21(13(2)29)22(15-5-3-4-6-18(15)25)17(10-27)23(28-12)31-11-20(30)16-9-14(24)7-8-19(16)26/h3-9,22,28H,11H2,1-2H3/t22-/m1/s1. The van der Waals surface area contributed by atoms with Crippen LogP contribution in [0, 0.1) is 11.3 Å². The van der Waals surface area contributed by atoms with Crippen molar-refractivity contribution in [3.05, 3.63) is 90.5 Å². The highest BCUT2D eigenvalue weighted by Gasteiger charge is 2.34. The third kappa shape index (κ3) is 4.99. The summed E-state index contributed by atoms with van der Waals surface area (Å²) in [6, 6.07) is 14.0. The van der Waals surface area contributed by atoms with Crippen LogP contribution in [0.4, 0.5) is 0 Å². The van der Waals surface area contributed by atoms with Gasteiger partial charge in [-0.25, -0.2) is 0 Å². The second-order valence-electron chi connectivity index (χ2n) is 6.87. The van der Waals surface area contributed by atoms with Crippen LogP contribution < -0.4 is 5.32 Å². The van der Waals surface area contributed by atoms with Crippen LogP contribution in [0.2, 0.25) is 15.1 Å². The summed E-state index contributed by atoms with van der Waals surface area (Å²) in [6.45, 7) is 3.23. The first kappa shape index (κ1) is 23.4. The highest BCUT2D eigenvalue weighted by atomic mass is 35.5. The zero-order valence-corrected chi connectivity index (χ0v) is 19.7. The van der Waals surface area contributed by atoms with E-state index in [1.165, 1.54) is 24.8 Å². The molecule has 0 fully saturated rings. The smallest absolute Gasteiger partial charge is 0.174 e. The lowest BCUT2D eigenvalue weighted by molar-refractivity contribution is -0.113. The average Bonchev–Trinajstić information content (AvgIpc) is 2.73. The molecule has 1 atom stereocenters. The first-order valence-corrected chi connectivity index (χ1v) is 11.3. The molecule has 0 unspecified atom stereocenters. The quantitative estimate of drug-likeness (QED) is 0.464. The second kappa shape index (κ2) is 9.93. The van der Waals surface area contributed by atoms with E-state index >= 15 is 0 Å². The molecule has 0 saturated carbocycles. The fourth-order valence-electron chi connectivity index (χ4n) is 3.44. The molecule has 0 saturated heterocycles. The van der Waals surface area contributed by atoms with E-state index in [9.17, 15) is 14.9 Å². The summed E-state index contributed by atoms with van der Waals surface area (Å²) in [5.41, 5.74) is 2.40. The lowest BCUT2D eigenvalue weighted by Crippen LogP contribution is -2.27. The number of hydrogen-bond donors (Lipinski definition) is 1. The number of halogens is 3. The van der Waals surface area contributed by atoms with Crippen molar-refractivity contribution in [3.63, 3.8) is 0 Å². The summed E-state index contributed by atoms with van der Waals surface area (Å²) in [5, 5.41) is 14.8. The van der Waals surface area contributed by atoms with Crippen molar-refractivity contribution >= 4 is 58.1 Å². The van der Waals surface area contributed by atoms with E-state index in [1.807, 2.05) is 6.07 Å². The van der Waals surface area contributed by atoms with Crippen molar-refractivity contribution in [1.29, 1.82) is 5.26 Å². The number of nitrogens with one attached hydrogen (secondary N) is 1. The number of thioether (sulfide) groups is 1. The summed E-state index contributed by atoms with van der Waals surface area (Å²) in [5.74, 6) is -0.971. The Labute approximate surface area is 199 Å². The zero-order chi connectivity index (χ0) is 22.7. The molecule has 0 radical (unpaired) electrons. The Morgan fingerprint density at radius 2 is 1.84 bits per heavy atom. The number of nitrogens with zero attached hydrogens (tertiary/aromatic N) is 1. The maximum absolute atomic E-state index is 12.7. The van der Waals surface area contributed by atoms with Gasteiger partial charge < -0.3 is 5.32 Å². The Kier molecular flexibility index (Phi) is 7.51. The zero-order valence-electron chi connectivity index (χ0n) is 16.6. The number of ketones is 2. The van der Waals surface area contributed by atoms with E-state index in [0.29, 0.717) is 48.1 Å². The minimum absolute atomic E-state index is 0.0332. The van der Waals surface area contributed by atoms with Crippen LogP contribution in [0.5, 0.6) is 0 Å². The minimum atomic E-state index is -0.621. The Morgan fingerprint density at radius 1 is 1.13 bits per heavy atom. The molecule has 0 spiro atoms. The molecule has 2 aromatic carbocycles. The molecular weight excluding hydrogens is 475 g/mol. The first-order chi connectivity index (χ1) is 14.7. The van der Waals surface area contributed by atoms with Gasteiger partial charge in [0, 0.05) is 26.9 Å². The molecule has 8 heteroatoms. The molecule has 0 bridgehead atoms. The van der Waals surface area contributed by atoms with Crippen LogP contribution >= 0.6 is 46.6 Å². The SMILES string of the molecule is CC(=O)C1=C(C)NC(SCC(=O)c2cc(Cl)ccc2Cl)=C(C#N)[C@H]1c1ccccc1Cl. The van der Waals surface area contributed by atoms with Gasteiger partial charge in [-0.15, -0.1) is 0 Å². The molecular formula is C23H17Cl3N2O2S. The van der Waals surface area contributed by atoms with Crippen LogP contribution in [0.25, 0.3) is 0 Å². The summed E-state index contributed by atoms with van der Waals surface area (Å²) in [7, 11) is 0. The predicted octanol–water partition coefficient (Wildman–Crippen LogP) is 6.55. The second-order valence-corrected chi connectivity index (χ2v) is 9.10. The molecule has 2 aromatic rings. The van der Waals surface area contributed by atoms with E-state index in [1.54, 1.807) is 37.3 Å². The van der Waals surface area contributed by atoms with Crippen LogP contribution in [-0.4, -0.2) is 17.3 Å². The molecule has 1 aliphatic rings. The van der Waals surface area contributed by atoms with Crippen LogP contribution in [-0.2, 0) is 4.79 Å². The average molecular weight is 492 g/mol. The number of carbonyl (C=O) groups is 2. The molecule has 0 amide bonds. The summed E-state index contributed by atoms with van der Waals surface area (Å²) in [6.07, 6.45) is 0. The number of hydrogen-bond acceptors (Lipinski definition) is 5. The molecule has 158 valence electrons. The molecule has 0 aliphatic carbocycles. The number of nitriles is 1. The van der Waals surface area contributed by atoms with Gasteiger partial charge in [-0.3, -0.25) is 9.59 Å². The van der Waals surface area contributed by atoms with Crippen molar-refractivity contribution in [3.8, 4) is 6.07 Å². The summed E-state index contributed by atoms with van der Waals surface area (Å²) < 4.78 is 0. The van der Waals surface area contributed by atoms with Gasteiger partial charge >= 0.3 is 0 Å². The highest BCUT2D eigenvalue weighted by molar-refractivity contribution is 8.03. The first-order valence-electron chi connectivity index (χ1n) is 9.23. The van der Waals surface area contributed by atoms with Crippen molar-refractivity contribution in [2.45, 2.75) is 19.8 Å². The highest BCUT2D eigenvalue weighted by Crippen LogP contribution is 2.43. The maximum atomic E-state index is 12.7. The van der Waals surface area contributed by atoms with Gasteiger partial charge in [0.25, 0.3) is 0 Å². The lowest BCUT2D eigenvalue weighted by atomic mass is 9.81. The third-order valence-corrected chi connectivity index (χ3v) is 6.75. The fraction of sp³-hybridized carbons (Fsp3) is 0.174. The van der Waals surface area contributed by atoms with E-state index in [4.69, 9.17) is 34.8 Å². The molecule has 1 heterocycles. The Bertz CT molecular complexity index is 1180. The van der Waals surface area contributed by atoms with Gasteiger partial charge in [0.05, 0.1) is 33.4 Å². The molecule has 1 aliphatic heterocycles. The van der Waals surface area contributed by atoms with Crippen molar-refractivity contribution in [2.24, 2.45) is 0 Å². The number of carbonyl (C=O) groups excluding carboxylic acids is 2. The van der Waals surface area contributed by atoms with Gasteiger partial charge in [-0.05, 0) is 43.7 Å². The number of Topliss-reactive ketones (excluding diaryl/α,β-unsaturated/α-hetero) is 2. The minimum Gasteiger partial charge on any atom is -0.353 e. The van der Waals surface area contributed by atoms with E-state index in [-0.39, 0.29) is 17.3 Å². The monoisotopic (exact) mass is 490 g/mol. The van der Waals surface area contributed by atoms with Gasteiger partial charge in [-0.1, -0.05) is 64.8 Å². The van der Waals surface area contributed by atoms with E-state index in [2.05, 4.69) is 11.4 Å². The number of benzene rings is 2. The Hall–Kier alpha value is -2.23. The normalized spacial score (nSPS) is 16.1. The third-order valence-electron chi connectivity index (χ3n) is 4.82. The van der Waals surface area contributed by atoms with Crippen LogP contribution in [0.15, 0.2) is 64.3 Å². The maximum Gasteiger partial charge on any atom is 0.174 e. The molecule has 3 rings (SSSR count). The van der Waals surface area contributed by atoms with Gasteiger partial charge in [0.15, 0.2) is 11.6 Å². The molecule has 0 aromatic heterocycles. The van der Waals surface area contributed by atoms with Gasteiger partial charge in [-0.2, -0.15) is 5.26 Å². The van der Waals surface area contributed by atoms with Crippen LogP contribution in [0.1, 0.15) is 35.7 Å². The number of allylic oxidation sites excluding steroid dienone is 3. The summed E-state index contributed by atoms with van der Waals surface area (Å²) >= 11 is 19.7. The largest absolute Gasteiger partial charge is 0.353 e. The topological polar surface area (TPSA) is 70.0 Å². The van der Waals surface area contributed by atoms with Gasteiger partial charge in [0.2, 0.25) is 0 Å². The van der Waals surface area contributed by atoms with Gasteiger partial charge in [0.1, 0.15) is 0 Å². The molecule has 31 heavy (non-hydrogen) atoms. The summed E-state index contributed by atoms with van der Waals surface area (Å²) in [4.78, 5) is 25.2. The van der Waals surface area contributed by atoms with Crippen molar-refractivity contribution in [1.82, 2.24) is 5.32 Å². The van der Waals surface area contributed by atoms with E-state index < -0.39 is 5.92 Å². The predicted molar refractivity (Wildman–Crippen MR) is 127 cm³/mol. The molecule has 4 nitrogen and oxygen atoms in total. The van der Waals surface area contributed by atoms with Crippen molar-refractivity contribution < 1.29 is 9.59 Å². The van der Waals surface area contributed by atoms with E-state index in [0.717, 1.165) is 0 Å². The number of rotatable bonds is 6. The number of dihydropyridines is 1. The Morgan fingerprint density at radius 3 is 2.48 bits per heavy atom. The fourth-order valence-corrected chi connectivity index (χ4v) is 5.06. The van der Waals surface area contributed by atoms with Crippen LogP contribution in [0.3, 0.4) is 0 Å². The van der Waals surface area contributed by atoms with Crippen molar-refractivity contribution in [2.75, 3.05) is 5.75 Å². The lowest BCUT2D eigenvalue weighted by Gasteiger charge is -2.29. The molecule has 1 N–H and O–H groups in total.